The minimum absolute atomic E-state index is 0.0253. The molecule has 18 heavy (non-hydrogen) atoms. The van der Waals surface area contributed by atoms with Gasteiger partial charge >= 0.3 is 0 Å². The summed E-state index contributed by atoms with van der Waals surface area (Å²) in [6.07, 6.45) is 4.66. The summed E-state index contributed by atoms with van der Waals surface area (Å²) in [4.78, 5) is 4.21. The molecule has 2 heterocycles. The lowest BCUT2D eigenvalue weighted by Gasteiger charge is -2.24. The molecule has 0 aliphatic carbocycles. The highest BCUT2D eigenvalue weighted by Crippen LogP contribution is 2.27. The van der Waals surface area contributed by atoms with Gasteiger partial charge in [0.15, 0.2) is 0 Å². The summed E-state index contributed by atoms with van der Waals surface area (Å²) >= 11 is 0. The van der Waals surface area contributed by atoms with Gasteiger partial charge in [0.1, 0.15) is 18.1 Å². The third kappa shape index (κ3) is 1.75. The van der Waals surface area contributed by atoms with Crippen LogP contribution in [0.2, 0.25) is 0 Å². The Labute approximate surface area is 104 Å². The molecule has 2 aromatic rings. The lowest BCUT2D eigenvalue weighted by molar-refractivity contribution is -0.0295. The smallest absolute Gasteiger partial charge is 0.143 e. The van der Waals surface area contributed by atoms with Gasteiger partial charge in [-0.05, 0) is 25.3 Å². The molecule has 1 fully saturated rings. The van der Waals surface area contributed by atoms with E-state index >= 15 is 0 Å². The highest BCUT2D eigenvalue weighted by molar-refractivity contribution is 5.77. The zero-order chi connectivity index (χ0) is 12.5. The number of halogens is 1. The number of fused-ring (bicyclic) bond motifs is 1. The fourth-order valence-corrected chi connectivity index (χ4v) is 2.31. The number of nitrogens with zero attached hydrogens (tertiary/aromatic N) is 3. The van der Waals surface area contributed by atoms with Crippen LogP contribution in [0, 0.1) is 17.1 Å². The lowest BCUT2D eigenvalue weighted by atomic mass is 10.1. The van der Waals surface area contributed by atoms with Crippen LogP contribution in [-0.4, -0.2) is 16.2 Å². The van der Waals surface area contributed by atoms with Crippen LogP contribution >= 0.6 is 0 Å². The first kappa shape index (κ1) is 11.2. The second-order valence-corrected chi connectivity index (χ2v) is 4.41. The van der Waals surface area contributed by atoms with E-state index in [4.69, 9.17) is 10.00 Å². The van der Waals surface area contributed by atoms with Gasteiger partial charge in [0.05, 0.1) is 22.9 Å². The van der Waals surface area contributed by atoms with Crippen LogP contribution in [0.5, 0.6) is 0 Å². The average molecular weight is 245 g/mol. The lowest BCUT2D eigenvalue weighted by Crippen LogP contribution is -2.17. The average Bonchev–Trinajstić information content (AvgIpc) is 2.81. The maximum atomic E-state index is 13.6. The Hall–Kier alpha value is -1.93. The van der Waals surface area contributed by atoms with Gasteiger partial charge in [-0.1, -0.05) is 0 Å². The monoisotopic (exact) mass is 245 g/mol. The van der Waals surface area contributed by atoms with Crippen LogP contribution in [0.4, 0.5) is 4.39 Å². The summed E-state index contributed by atoms with van der Waals surface area (Å²) in [5.74, 6) is -0.512. The fraction of sp³-hybridized carbons (Fsp3) is 0.385. The third-order valence-corrected chi connectivity index (χ3v) is 3.25. The van der Waals surface area contributed by atoms with E-state index in [2.05, 4.69) is 4.98 Å². The number of benzene rings is 1. The second-order valence-electron chi connectivity index (χ2n) is 4.41. The van der Waals surface area contributed by atoms with Crippen LogP contribution in [0.3, 0.4) is 0 Å². The summed E-state index contributed by atoms with van der Waals surface area (Å²) in [5.41, 5.74) is 1.33. The molecule has 1 unspecified atom stereocenters. The molecule has 0 amide bonds. The van der Waals surface area contributed by atoms with E-state index in [1.54, 1.807) is 6.33 Å². The Bertz CT molecular complexity index is 623. The van der Waals surface area contributed by atoms with E-state index in [1.807, 2.05) is 10.6 Å². The molecule has 1 atom stereocenters. The summed E-state index contributed by atoms with van der Waals surface area (Å²) in [6, 6.07) is 4.66. The summed E-state index contributed by atoms with van der Waals surface area (Å²) in [6.45, 7) is 0.725. The van der Waals surface area contributed by atoms with E-state index in [-0.39, 0.29) is 11.8 Å². The van der Waals surface area contributed by atoms with Crippen molar-refractivity contribution in [3.8, 4) is 6.07 Å². The number of nitriles is 1. The van der Waals surface area contributed by atoms with E-state index in [9.17, 15) is 4.39 Å². The number of hydrogen-bond acceptors (Lipinski definition) is 3. The first-order chi connectivity index (χ1) is 8.79. The molecule has 1 aromatic carbocycles. The first-order valence-electron chi connectivity index (χ1n) is 5.97. The van der Waals surface area contributed by atoms with Gasteiger partial charge in [-0.25, -0.2) is 9.37 Å². The number of imidazole rings is 1. The highest BCUT2D eigenvalue weighted by atomic mass is 19.1. The summed E-state index contributed by atoms with van der Waals surface area (Å²) in [5, 5.41) is 8.78. The predicted octanol–water partition coefficient (Wildman–Crippen LogP) is 2.75. The van der Waals surface area contributed by atoms with E-state index in [0.717, 1.165) is 25.9 Å². The highest BCUT2D eigenvalue weighted by Gasteiger charge is 2.18. The van der Waals surface area contributed by atoms with Gasteiger partial charge in [0, 0.05) is 12.7 Å². The molecule has 0 spiro atoms. The van der Waals surface area contributed by atoms with Gasteiger partial charge in [-0.15, -0.1) is 0 Å². The Morgan fingerprint density at radius 3 is 3.06 bits per heavy atom. The Kier molecular flexibility index (Phi) is 2.73. The summed E-state index contributed by atoms with van der Waals surface area (Å²) < 4.78 is 21.1. The molecule has 0 bridgehead atoms. The van der Waals surface area contributed by atoms with Gasteiger partial charge in [0.25, 0.3) is 0 Å². The summed E-state index contributed by atoms with van der Waals surface area (Å²) in [7, 11) is 0. The molecule has 1 saturated heterocycles. The SMILES string of the molecule is N#Cc1cc2ncn(C3CCCCO3)c2cc1F. The molecule has 0 N–H and O–H groups in total. The number of ether oxygens (including phenoxy) is 1. The van der Waals surface area contributed by atoms with Gasteiger partial charge in [-0.3, -0.25) is 0 Å². The Morgan fingerprint density at radius 1 is 1.44 bits per heavy atom. The molecule has 1 aliphatic rings. The van der Waals surface area contributed by atoms with Crippen molar-refractivity contribution in [1.29, 1.82) is 5.26 Å². The molecule has 0 radical (unpaired) electrons. The third-order valence-electron chi connectivity index (χ3n) is 3.25. The molecule has 1 aromatic heterocycles. The Morgan fingerprint density at radius 2 is 2.33 bits per heavy atom. The predicted molar refractivity (Wildman–Crippen MR) is 63.2 cm³/mol. The van der Waals surface area contributed by atoms with Crippen molar-refractivity contribution in [2.45, 2.75) is 25.5 Å². The molecule has 5 heteroatoms. The minimum Gasteiger partial charge on any atom is -0.358 e. The van der Waals surface area contributed by atoms with Crippen molar-refractivity contribution in [1.82, 2.24) is 9.55 Å². The van der Waals surface area contributed by atoms with E-state index < -0.39 is 5.82 Å². The van der Waals surface area contributed by atoms with Crippen LogP contribution in [0.1, 0.15) is 31.1 Å². The van der Waals surface area contributed by atoms with E-state index in [0.29, 0.717) is 11.0 Å². The maximum Gasteiger partial charge on any atom is 0.143 e. The van der Waals surface area contributed by atoms with Crippen LogP contribution in [0.15, 0.2) is 18.5 Å². The number of hydrogen-bond donors (Lipinski definition) is 0. The van der Waals surface area contributed by atoms with Crippen molar-refractivity contribution in [3.05, 3.63) is 29.8 Å². The normalized spacial score (nSPS) is 19.9. The van der Waals surface area contributed by atoms with Crippen molar-refractivity contribution >= 4 is 11.0 Å². The quantitative estimate of drug-likeness (QED) is 0.776. The number of rotatable bonds is 1. The molecule has 92 valence electrons. The van der Waals surface area contributed by atoms with Crippen molar-refractivity contribution < 1.29 is 9.13 Å². The molecular formula is C13H12FN3O. The fourth-order valence-electron chi connectivity index (χ4n) is 2.31. The standard InChI is InChI=1S/C13H12FN3O/c14-10-6-12-11(5-9(10)7-15)16-8-17(12)13-3-1-2-4-18-13/h5-6,8,13H,1-4H2. The minimum atomic E-state index is -0.512. The second kappa shape index (κ2) is 4.39. The molecular weight excluding hydrogens is 233 g/mol. The van der Waals surface area contributed by atoms with Crippen molar-refractivity contribution in [3.63, 3.8) is 0 Å². The molecule has 1 aliphatic heterocycles. The van der Waals surface area contributed by atoms with Crippen LogP contribution in [0.25, 0.3) is 11.0 Å². The van der Waals surface area contributed by atoms with Gasteiger partial charge in [-0.2, -0.15) is 5.26 Å². The zero-order valence-electron chi connectivity index (χ0n) is 9.77. The topological polar surface area (TPSA) is 50.8 Å². The van der Waals surface area contributed by atoms with Crippen molar-refractivity contribution in [2.75, 3.05) is 6.61 Å². The molecule has 3 rings (SSSR count). The van der Waals surface area contributed by atoms with Gasteiger partial charge < -0.3 is 9.30 Å². The largest absolute Gasteiger partial charge is 0.358 e. The maximum absolute atomic E-state index is 13.6. The molecule has 0 saturated carbocycles. The van der Waals surface area contributed by atoms with E-state index in [1.165, 1.54) is 12.1 Å². The number of aromatic nitrogens is 2. The molecule has 4 nitrogen and oxygen atoms in total. The van der Waals surface area contributed by atoms with Crippen LogP contribution < -0.4 is 0 Å². The first-order valence-corrected chi connectivity index (χ1v) is 5.97. The van der Waals surface area contributed by atoms with Gasteiger partial charge in [0.2, 0.25) is 0 Å². The van der Waals surface area contributed by atoms with Crippen LogP contribution in [-0.2, 0) is 4.74 Å². The zero-order valence-corrected chi connectivity index (χ0v) is 9.77. The Balaban J connectivity index is 2.08. The van der Waals surface area contributed by atoms with Crippen molar-refractivity contribution in [2.24, 2.45) is 0 Å².